The van der Waals surface area contributed by atoms with Gasteiger partial charge in [-0.15, -0.1) is 0 Å². The van der Waals surface area contributed by atoms with Gasteiger partial charge >= 0.3 is 0 Å². The summed E-state index contributed by atoms with van der Waals surface area (Å²) < 4.78 is 22.4. The Morgan fingerprint density at radius 2 is 1.86 bits per heavy atom. The highest BCUT2D eigenvalue weighted by molar-refractivity contribution is 7.89. The largest absolute Gasteiger partial charge is 0.355 e. The highest BCUT2D eigenvalue weighted by Gasteiger charge is 2.24. The van der Waals surface area contributed by atoms with Gasteiger partial charge in [0.05, 0.1) is 11.1 Å². The van der Waals surface area contributed by atoms with Gasteiger partial charge in [-0.2, -0.15) is 5.10 Å². The number of aromatic nitrogens is 2. The zero-order valence-electron chi connectivity index (χ0n) is 12.0. The summed E-state index contributed by atoms with van der Waals surface area (Å²) in [5.41, 5.74) is -0.205. The average molecular weight is 322 g/mol. The second-order valence-corrected chi connectivity index (χ2v) is 7.34. The van der Waals surface area contributed by atoms with Gasteiger partial charge in [0.15, 0.2) is 5.82 Å². The quantitative estimate of drug-likeness (QED) is 0.851. The van der Waals surface area contributed by atoms with Crippen molar-refractivity contribution in [3.8, 4) is 0 Å². The van der Waals surface area contributed by atoms with Crippen molar-refractivity contribution in [2.75, 3.05) is 23.7 Å². The first-order valence-corrected chi connectivity index (χ1v) is 8.88. The number of nitrogens with one attached hydrogen (secondary N) is 1. The summed E-state index contributed by atoms with van der Waals surface area (Å²) in [5, 5.41) is 13.2. The first-order valence-electron chi connectivity index (χ1n) is 7.17. The number of hydrogen-bond donors (Lipinski definition) is 2. The molecule has 3 rings (SSSR count). The molecule has 2 heterocycles. The topological polar surface area (TPSA) is 109 Å². The van der Waals surface area contributed by atoms with E-state index in [1.807, 2.05) is 18.2 Å². The molecule has 0 saturated carbocycles. The van der Waals surface area contributed by atoms with E-state index in [-0.39, 0.29) is 17.2 Å². The third-order valence-electron chi connectivity index (χ3n) is 4.06. The fraction of sp³-hybridized carbons (Fsp3) is 0.429. The second-order valence-electron chi connectivity index (χ2n) is 5.68. The van der Waals surface area contributed by atoms with Gasteiger partial charge in [-0.25, -0.2) is 18.7 Å². The Labute approximate surface area is 128 Å². The number of anilines is 1. The number of H-pyrrole nitrogens is 1. The molecular weight excluding hydrogens is 304 g/mol. The fourth-order valence-electron chi connectivity index (χ4n) is 2.98. The number of hydrogen-bond acceptors (Lipinski definition) is 5. The van der Waals surface area contributed by atoms with Crippen LogP contribution in [-0.4, -0.2) is 37.5 Å². The van der Waals surface area contributed by atoms with Gasteiger partial charge in [0.1, 0.15) is 0 Å². The zero-order chi connectivity index (χ0) is 15.7. The maximum Gasteiger partial charge on any atom is 0.272 e. The third-order valence-corrected chi connectivity index (χ3v) is 4.99. The number of nitrogens with two attached hydrogens (primary N) is 1. The molecule has 1 aromatic carbocycles. The van der Waals surface area contributed by atoms with Crippen molar-refractivity contribution in [3.05, 3.63) is 34.6 Å². The van der Waals surface area contributed by atoms with E-state index in [9.17, 15) is 13.2 Å². The van der Waals surface area contributed by atoms with E-state index in [0.29, 0.717) is 18.5 Å². The molecule has 1 aliphatic rings. The monoisotopic (exact) mass is 322 g/mol. The van der Waals surface area contributed by atoms with Crippen molar-refractivity contribution in [1.29, 1.82) is 0 Å². The normalized spacial score (nSPS) is 17.0. The fourth-order valence-corrected chi connectivity index (χ4v) is 3.97. The molecule has 3 N–H and O–H groups in total. The standard InChI is InChI=1S/C14H18N4O3S/c15-22(20,21)9-10-5-7-18(8-6-10)13-11-3-1-2-4-12(11)14(19)17-16-13/h1-4,10H,5-9H2,(H,17,19)(H2,15,20,21). The Bertz CT molecular complexity index is 839. The third kappa shape index (κ3) is 3.12. The maximum absolute atomic E-state index is 11.8. The van der Waals surface area contributed by atoms with Crippen molar-refractivity contribution >= 4 is 26.6 Å². The van der Waals surface area contributed by atoms with Crippen molar-refractivity contribution in [3.63, 3.8) is 0 Å². The molecule has 0 unspecified atom stereocenters. The lowest BCUT2D eigenvalue weighted by Gasteiger charge is -2.32. The average Bonchev–Trinajstić information content (AvgIpc) is 2.48. The number of nitrogens with zero attached hydrogens (tertiary/aromatic N) is 2. The summed E-state index contributed by atoms with van der Waals surface area (Å²) in [7, 11) is -3.43. The molecule has 2 aromatic rings. The van der Waals surface area contributed by atoms with Crippen LogP contribution in [0.4, 0.5) is 5.82 Å². The van der Waals surface area contributed by atoms with Crippen LogP contribution in [0.2, 0.25) is 0 Å². The maximum atomic E-state index is 11.8. The van der Waals surface area contributed by atoms with Crippen LogP contribution < -0.4 is 15.6 Å². The van der Waals surface area contributed by atoms with Gasteiger partial charge in [0.25, 0.3) is 5.56 Å². The van der Waals surface area contributed by atoms with Crippen molar-refractivity contribution < 1.29 is 8.42 Å². The van der Waals surface area contributed by atoms with Crippen LogP contribution in [0.15, 0.2) is 29.1 Å². The Morgan fingerprint density at radius 1 is 1.23 bits per heavy atom. The SMILES string of the molecule is NS(=O)(=O)CC1CCN(c2n[nH]c(=O)c3ccccc23)CC1. The van der Waals surface area contributed by atoms with Gasteiger partial charge in [-0.3, -0.25) is 4.79 Å². The molecular formula is C14H18N4O3S. The smallest absolute Gasteiger partial charge is 0.272 e. The summed E-state index contributed by atoms with van der Waals surface area (Å²) in [6.07, 6.45) is 1.48. The van der Waals surface area contributed by atoms with E-state index >= 15 is 0 Å². The van der Waals surface area contributed by atoms with Crippen molar-refractivity contribution in [1.82, 2.24) is 10.2 Å². The predicted octanol–water partition coefficient (Wildman–Crippen LogP) is 0.428. The highest BCUT2D eigenvalue weighted by atomic mass is 32.2. The van der Waals surface area contributed by atoms with Crippen LogP contribution in [0.25, 0.3) is 10.8 Å². The first kappa shape index (κ1) is 15.0. The van der Waals surface area contributed by atoms with Crippen molar-refractivity contribution in [2.45, 2.75) is 12.8 Å². The van der Waals surface area contributed by atoms with E-state index in [2.05, 4.69) is 15.1 Å². The molecule has 1 aromatic heterocycles. The Morgan fingerprint density at radius 3 is 2.50 bits per heavy atom. The molecule has 1 aliphatic heterocycles. The molecule has 0 spiro atoms. The molecule has 118 valence electrons. The number of benzene rings is 1. The number of aromatic amines is 1. The molecule has 1 fully saturated rings. The van der Waals surface area contributed by atoms with E-state index in [1.54, 1.807) is 6.07 Å². The van der Waals surface area contributed by atoms with Gasteiger partial charge in [0.2, 0.25) is 10.0 Å². The molecule has 8 heteroatoms. The first-order chi connectivity index (χ1) is 10.4. The predicted molar refractivity (Wildman–Crippen MR) is 85.3 cm³/mol. The number of primary sulfonamides is 1. The van der Waals surface area contributed by atoms with Crippen LogP contribution in [0.3, 0.4) is 0 Å². The highest BCUT2D eigenvalue weighted by Crippen LogP contribution is 2.26. The van der Waals surface area contributed by atoms with Crippen LogP contribution in [0.5, 0.6) is 0 Å². The van der Waals surface area contributed by atoms with Crippen LogP contribution >= 0.6 is 0 Å². The van der Waals surface area contributed by atoms with Crippen LogP contribution in [0, 0.1) is 5.92 Å². The molecule has 0 aliphatic carbocycles. The molecule has 22 heavy (non-hydrogen) atoms. The molecule has 0 radical (unpaired) electrons. The number of fused-ring (bicyclic) bond motifs is 1. The van der Waals surface area contributed by atoms with Gasteiger partial charge in [-0.05, 0) is 24.8 Å². The Balaban J connectivity index is 1.83. The summed E-state index contributed by atoms with van der Waals surface area (Å²) in [6.45, 7) is 1.40. The summed E-state index contributed by atoms with van der Waals surface area (Å²) >= 11 is 0. The number of piperidine rings is 1. The van der Waals surface area contributed by atoms with Crippen LogP contribution in [0.1, 0.15) is 12.8 Å². The molecule has 1 saturated heterocycles. The summed E-state index contributed by atoms with van der Waals surface area (Å²) in [6, 6.07) is 7.34. The minimum absolute atomic E-state index is 0.0284. The van der Waals surface area contributed by atoms with E-state index in [1.165, 1.54) is 0 Å². The summed E-state index contributed by atoms with van der Waals surface area (Å²) in [5.74, 6) is 0.852. The van der Waals surface area contributed by atoms with E-state index in [0.717, 1.165) is 24.0 Å². The lowest BCUT2D eigenvalue weighted by atomic mass is 9.98. The van der Waals surface area contributed by atoms with E-state index < -0.39 is 10.0 Å². The van der Waals surface area contributed by atoms with Gasteiger partial charge < -0.3 is 4.90 Å². The van der Waals surface area contributed by atoms with E-state index in [4.69, 9.17) is 5.14 Å². The lowest BCUT2D eigenvalue weighted by Crippen LogP contribution is -2.38. The van der Waals surface area contributed by atoms with Crippen molar-refractivity contribution in [2.24, 2.45) is 11.1 Å². The summed E-state index contributed by atoms with van der Waals surface area (Å²) in [4.78, 5) is 13.9. The zero-order valence-corrected chi connectivity index (χ0v) is 12.8. The van der Waals surface area contributed by atoms with Crippen LogP contribution in [-0.2, 0) is 10.0 Å². The Hall–Kier alpha value is -1.93. The second kappa shape index (κ2) is 5.69. The van der Waals surface area contributed by atoms with Gasteiger partial charge in [0, 0.05) is 18.5 Å². The number of rotatable bonds is 3. The minimum Gasteiger partial charge on any atom is -0.355 e. The molecule has 0 atom stereocenters. The Kier molecular flexibility index (Phi) is 3.88. The van der Waals surface area contributed by atoms with Gasteiger partial charge in [-0.1, -0.05) is 18.2 Å². The molecule has 0 bridgehead atoms. The minimum atomic E-state index is -3.43. The lowest BCUT2D eigenvalue weighted by molar-refractivity contribution is 0.434. The molecule has 7 nitrogen and oxygen atoms in total. The number of sulfonamides is 1. The molecule has 0 amide bonds.